The van der Waals surface area contributed by atoms with Crippen molar-refractivity contribution in [1.82, 2.24) is 19.0 Å². The molecule has 0 bridgehead atoms. The summed E-state index contributed by atoms with van der Waals surface area (Å²) in [7, 11) is 1.48. The van der Waals surface area contributed by atoms with Crippen molar-refractivity contribution in [2.24, 2.45) is 0 Å². The highest BCUT2D eigenvalue weighted by molar-refractivity contribution is 5.94. The summed E-state index contributed by atoms with van der Waals surface area (Å²) >= 11 is 0. The minimum atomic E-state index is -0.559. The largest absolute Gasteiger partial charge is 0.335 e. The molecule has 9 nitrogen and oxygen atoms in total. The van der Waals surface area contributed by atoms with Crippen LogP contribution in [0.3, 0.4) is 0 Å². The Morgan fingerprint density at radius 2 is 1.87 bits per heavy atom. The maximum absolute atomic E-state index is 12.8. The lowest BCUT2D eigenvalue weighted by atomic mass is 10.2. The highest BCUT2D eigenvalue weighted by Crippen LogP contribution is 2.08. The first-order valence-corrected chi connectivity index (χ1v) is 9.50. The molecule has 0 atom stereocenters. The molecule has 2 heterocycles. The first kappa shape index (κ1) is 21.0. The number of nitrogens with one attached hydrogen (secondary N) is 1. The number of carbonyl (C=O) groups excluding carboxylic acids is 2. The van der Waals surface area contributed by atoms with Crippen LogP contribution in [0.25, 0.3) is 10.9 Å². The molecular formula is C21H23N5O4. The monoisotopic (exact) mass is 409 g/mol. The van der Waals surface area contributed by atoms with Gasteiger partial charge in [0.2, 0.25) is 11.8 Å². The summed E-state index contributed by atoms with van der Waals surface area (Å²) in [6, 6.07) is 10.2. The van der Waals surface area contributed by atoms with Gasteiger partial charge in [-0.05, 0) is 43.7 Å². The Morgan fingerprint density at radius 3 is 2.57 bits per heavy atom. The molecule has 3 rings (SSSR count). The number of rotatable bonds is 6. The summed E-state index contributed by atoms with van der Waals surface area (Å²) in [5, 5.41) is 3.00. The molecule has 0 fully saturated rings. The van der Waals surface area contributed by atoms with Crippen molar-refractivity contribution in [3.05, 3.63) is 69.0 Å². The number of amides is 2. The topological polar surface area (TPSA) is 106 Å². The quantitative estimate of drug-likeness (QED) is 0.653. The molecule has 0 unspecified atom stereocenters. The summed E-state index contributed by atoms with van der Waals surface area (Å²) < 4.78 is 2.35. The van der Waals surface area contributed by atoms with Crippen molar-refractivity contribution in [3.8, 4) is 0 Å². The molecule has 0 radical (unpaired) electrons. The zero-order chi connectivity index (χ0) is 21.8. The first-order valence-electron chi connectivity index (χ1n) is 9.50. The molecule has 2 aromatic heterocycles. The van der Waals surface area contributed by atoms with Gasteiger partial charge in [-0.15, -0.1) is 0 Å². The Hall–Kier alpha value is -3.75. The summed E-state index contributed by atoms with van der Waals surface area (Å²) in [5.41, 5.74) is 0.381. The van der Waals surface area contributed by atoms with Gasteiger partial charge >= 0.3 is 5.69 Å². The van der Waals surface area contributed by atoms with Gasteiger partial charge in [-0.3, -0.25) is 23.5 Å². The van der Waals surface area contributed by atoms with E-state index in [0.29, 0.717) is 16.7 Å². The molecule has 156 valence electrons. The summed E-state index contributed by atoms with van der Waals surface area (Å²) in [6.45, 7) is 3.28. The normalized spacial score (nSPS) is 10.8. The summed E-state index contributed by atoms with van der Waals surface area (Å²) in [5.74, 6) is -0.436. The molecule has 0 spiro atoms. The fourth-order valence-electron chi connectivity index (χ4n) is 3.15. The Morgan fingerprint density at radius 1 is 1.13 bits per heavy atom. The van der Waals surface area contributed by atoms with E-state index in [1.807, 2.05) is 13.0 Å². The Kier molecular flexibility index (Phi) is 6.10. The predicted octanol–water partition coefficient (Wildman–Crippen LogP) is 0.984. The Bertz CT molecular complexity index is 1230. The molecular weight excluding hydrogens is 386 g/mol. The van der Waals surface area contributed by atoms with Gasteiger partial charge in [0.25, 0.3) is 5.56 Å². The van der Waals surface area contributed by atoms with Crippen LogP contribution in [0, 0.1) is 6.92 Å². The lowest BCUT2D eigenvalue weighted by molar-refractivity contribution is -0.133. The number of hydrogen-bond acceptors (Lipinski definition) is 5. The maximum atomic E-state index is 12.8. The van der Waals surface area contributed by atoms with Crippen molar-refractivity contribution >= 4 is 28.5 Å². The van der Waals surface area contributed by atoms with E-state index in [-0.39, 0.29) is 25.2 Å². The molecule has 0 aliphatic rings. The molecule has 30 heavy (non-hydrogen) atoms. The van der Waals surface area contributed by atoms with Gasteiger partial charge in [0, 0.05) is 19.8 Å². The lowest BCUT2D eigenvalue weighted by Gasteiger charge is -2.19. The van der Waals surface area contributed by atoms with E-state index in [1.165, 1.54) is 16.5 Å². The Labute approximate surface area is 172 Å². The lowest BCUT2D eigenvalue weighted by Crippen LogP contribution is -2.43. The maximum Gasteiger partial charge on any atom is 0.331 e. The number of carbonyl (C=O) groups is 2. The minimum absolute atomic E-state index is 0.193. The number of fused-ring (bicyclic) bond motifs is 1. The van der Waals surface area contributed by atoms with Gasteiger partial charge in [-0.25, -0.2) is 9.78 Å². The van der Waals surface area contributed by atoms with Gasteiger partial charge in [0.05, 0.1) is 17.4 Å². The number of benzene rings is 1. The second-order valence-corrected chi connectivity index (χ2v) is 6.95. The molecule has 9 heteroatoms. The van der Waals surface area contributed by atoms with E-state index in [4.69, 9.17) is 0 Å². The van der Waals surface area contributed by atoms with Crippen molar-refractivity contribution < 1.29 is 9.59 Å². The predicted molar refractivity (Wildman–Crippen MR) is 113 cm³/mol. The number of likely N-dealkylation sites (N-methyl/N-ethyl adjacent to an activating group) is 1. The number of nitrogens with zero attached hydrogens (tertiary/aromatic N) is 4. The van der Waals surface area contributed by atoms with E-state index in [9.17, 15) is 19.2 Å². The molecule has 0 aliphatic heterocycles. The zero-order valence-corrected chi connectivity index (χ0v) is 17.1. The number of anilines is 1. The van der Waals surface area contributed by atoms with Crippen LogP contribution in [0.1, 0.15) is 12.5 Å². The van der Waals surface area contributed by atoms with Crippen LogP contribution >= 0.6 is 0 Å². The first-order chi connectivity index (χ1) is 14.3. The fourth-order valence-corrected chi connectivity index (χ4v) is 3.15. The van der Waals surface area contributed by atoms with Gasteiger partial charge in [0.1, 0.15) is 12.4 Å². The van der Waals surface area contributed by atoms with Crippen molar-refractivity contribution in [1.29, 1.82) is 0 Å². The summed E-state index contributed by atoms with van der Waals surface area (Å²) in [4.78, 5) is 55.5. The zero-order valence-electron chi connectivity index (χ0n) is 17.1. The van der Waals surface area contributed by atoms with Crippen LogP contribution < -0.4 is 16.6 Å². The number of hydrogen-bond donors (Lipinski definition) is 1. The minimum Gasteiger partial charge on any atom is -0.335 e. The van der Waals surface area contributed by atoms with Crippen molar-refractivity contribution in [3.63, 3.8) is 0 Å². The highest BCUT2D eigenvalue weighted by Gasteiger charge is 2.18. The smallest absolute Gasteiger partial charge is 0.331 e. The van der Waals surface area contributed by atoms with E-state index in [2.05, 4.69) is 10.3 Å². The third-order valence-electron chi connectivity index (χ3n) is 4.73. The number of pyridine rings is 1. The molecule has 2 amide bonds. The van der Waals surface area contributed by atoms with Gasteiger partial charge < -0.3 is 10.2 Å². The molecule has 1 aromatic carbocycles. The van der Waals surface area contributed by atoms with Crippen LogP contribution in [-0.4, -0.2) is 44.4 Å². The van der Waals surface area contributed by atoms with E-state index in [0.717, 1.165) is 10.1 Å². The average Bonchev–Trinajstić information content (AvgIpc) is 2.71. The molecule has 0 saturated heterocycles. The van der Waals surface area contributed by atoms with Crippen molar-refractivity contribution in [2.45, 2.75) is 26.9 Å². The molecule has 1 N–H and O–H groups in total. The standard InChI is InChI=1S/C21H23N5O4/c1-4-25-20(29)15-7-5-6-8-16(15)26(21(25)30)13-19(28)24(3)12-18(27)23-17-11-14(2)9-10-22-17/h5-11H,4,12-13H2,1-3H3,(H,22,23,27). The van der Waals surface area contributed by atoms with Gasteiger partial charge in [0.15, 0.2) is 0 Å². The number of para-hydroxylation sites is 1. The third-order valence-corrected chi connectivity index (χ3v) is 4.73. The van der Waals surface area contributed by atoms with Crippen LogP contribution in [0.4, 0.5) is 5.82 Å². The van der Waals surface area contributed by atoms with Gasteiger partial charge in [-0.1, -0.05) is 12.1 Å². The second kappa shape index (κ2) is 8.73. The molecule has 0 aliphatic carbocycles. The SMILES string of the molecule is CCn1c(=O)c2ccccc2n(CC(=O)N(C)CC(=O)Nc2cc(C)ccn2)c1=O. The van der Waals surface area contributed by atoms with E-state index >= 15 is 0 Å². The van der Waals surface area contributed by atoms with Crippen LogP contribution in [-0.2, 0) is 22.7 Å². The van der Waals surface area contributed by atoms with Crippen LogP contribution in [0.5, 0.6) is 0 Å². The van der Waals surface area contributed by atoms with Crippen molar-refractivity contribution in [2.75, 3.05) is 18.9 Å². The molecule has 3 aromatic rings. The van der Waals surface area contributed by atoms with E-state index in [1.54, 1.807) is 43.5 Å². The van der Waals surface area contributed by atoms with Crippen LogP contribution in [0.2, 0.25) is 0 Å². The number of aryl methyl sites for hydroxylation is 1. The fraction of sp³-hybridized carbons (Fsp3) is 0.286. The second-order valence-electron chi connectivity index (χ2n) is 6.95. The number of aromatic nitrogens is 3. The van der Waals surface area contributed by atoms with Gasteiger partial charge in [-0.2, -0.15) is 0 Å². The van der Waals surface area contributed by atoms with Crippen LogP contribution in [0.15, 0.2) is 52.2 Å². The summed E-state index contributed by atoms with van der Waals surface area (Å²) in [6.07, 6.45) is 1.58. The molecule has 0 saturated carbocycles. The Balaban J connectivity index is 1.80. The van der Waals surface area contributed by atoms with E-state index < -0.39 is 17.5 Å². The highest BCUT2D eigenvalue weighted by atomic mass is 16.2. The average molecular weight is 409 g/mol. The third kappa shape index (κ3) is 4.29.